The Hall–Kier alpha value is -3.78. The van der Waals surface area contributed by atoms with Gasteiger partial charge in [-0.05, 0) is 48.7 Å². The largest absolute Gasteiger partial charge is 0.486 e. The van der Waals surface area contributed by atoms with Crippen molar-refractivity contribution in [2.24, 2.45) is 0 Å². The van der Waals surface area contributed by atoms with Gasteiger partial charge in [0.05, 0.1) is 27.7 Å². The van der Waals surface area contributed by atoms with Gasteiger partial charge in [-0.1, -0.05) is 24.3 Å². The molecule has 4 heterocycles. The number of esters is 1. The number of benzene rings is 2. The van der Waals surface area contributed by atoms with Gasteiger partial charge in [0, 0.05) is 30.9 Å². The highest BCUT2D eigenvalue weighted by molar-refractivity contribution is 7.18. The smallest absolute Gasteiger partial charge is 0.341 e. The molecule has 1 amide bonds. The molecule has 4 aromatic rings. The van der Waals surface area contributed by atoms with E-state index in [2.05, 4.69) is 16.0 Å². The monoisotopic (exact) mass is 497 g/mol. The second kappa shape index (κ2) is 7.86. The fourth-order valence-electron chi connectivity index (χ4n) is 5.55. The van der Waals surface area contributed by atoms with Crippen molar-refractivity contribution in [3.63, 3.8) is 0 Å². The van der Waals surface area contributed by atoms with Crippen molar-refractivity contribution in [2.45, 2.75) is 36.9 Å². The number of ether oxygens (including phenoxy) is 2. The number of hydrogen-bond donors (Lipinski definition) is 0. The van der Waals surface area contributed by atoms with Crippen LogP contribution in [0.5, 0.6) is 5.75 Å². The van der Waals surface area contributed by atoms with E-state index >= 15 is 0 Å². The molecular weight excluding hydrogens is 474 g/mol. The number of amides is 1. The van der Waals surface area contributed by atoms with Crippen molar-refractivity contribution < 1.29 is 19.1 Å². The molecular formula is C28H23N3O4S. The van der Waals surface area contributed by atoms with Gasteiger partial charge in [-0.25, -0.2) is 9.78 Å². The van der Waals surface area contributed by atoms with Crippen LogP contribution < -0.4 is 4.74 Å². The predicted molar refractivity (Wildman–Crippen MR) is 134 cm³/mol. The van der Waals surface area contributed by atoms with Crippen LogP contribution in [0.3, 0.4) is 0 Å². The van der Waals surface area contributed by atoms with E-state index in [0.29, 0.717) is 31.7 Å². The maximum Gasteiger partial charge on any atom is 0.341 e. The Morgan fingerprint density at radius 2 is 1.92 bits per heavy atom. The Bertz CT molecular complexity index is 1480. The van der Waals surface area contributed by atoms with Crippen LogP contribution in [0, 0.1) is 0 Å². The molecule has 180 valence electrons. The number of aromatic nitrogens is 2. The molecule has 1 unspecified atom stereocenters. The van der Waals surface area contributed by atoms with Gasteiger partial charge >= 0.3 is 5.97 Å². The number of fused-ring (bicyclic) bond motifs is 3. The van der Waals surface area contributed by atoms with Gasteiger partial charge in [-0.3, -0.25) is 9.78 Å². The third kappa shape index (κ3) is 3.32. The zero-order chi connectivity index (χ0) is 24.3. The van der Waals surface area contributed by atoms with Gasteiger partial charge in [0.15, 0.2) is 5.60 Å². The number of thiazole rings is 1. The van der Waals surface area contributed by atoms with E-state index in [4.69, 9.17) is 9.47 Å². The molecule has 3 aliphatic rings. The van der Waals surface area contributed by atoms with Crippen LogP contribution >= 0.6 is 11.3 Å². The first-order valence-electron chi connectivity index (χ1n) is 12.1. The number of nitrogens with zero attached hydrogens (tertiary/aromatic N) is 3. The minimum absolute atomic E-state index is 0.112. The first kappa shape index (κ1) is 21.5. The molecule has 7 rings (SSSR count). The van der Waals surface area contributed by atoms with Gasteiger partial charge in [-0.15, -0.1) is 11.3 Å². The zero-order valence-corrected chi connectivity index (χ0v) is 20.3. The summed E-state index contributed by atoms with van der Waals surface area (Å²) in [6, 6.07) is 17.8. The molecule has 1 aliphatic carbocycles. The topological polar surface area (TPSA) is 81.6 Å². The highest BCUT2D eigenvalue weighted by atomic mass is 32.1. The second-order valence-electron chi connectivity index (χ2n) is 9.75. The SMILES string of the molecule is O=C1OC2(CCN(C(=O)C3(c4ccc(OCc5nc6ccccc6s5)cc4)CC3)C2)c2ccncc21. The first-order valence-corrected chi connectivity index (χ1v) is 12.9. The van der Waals surface area contributed by atoms with Crippen molar-refractivity contribution in [3.8, 4) is 5.75 Å². The van der Waals surface area contributed by atoms with E-state index in [1.807, 2.05) is 53.4 Å². The lowest BCUT2D eigenvalue weighted by atomic mass is 9.92. The highest BCUT2D eigenvalue weighted by Crippen LogP contribution is 2.52. The minimum Gasteiger partial charge on any atom is -0.486 e. The highest BCUT2D eigenvalue weighted by Gasteiger charge is 2.57. The predicted octanol–water partition coefficient (Wildman–Crippen LogP) is 4.60. The zero-order valence-electron chi connectivity index (χ0n) is 19.5. The van der Waals surface area contributed by atoms with Crippen molar-refractivity contribution in [1.29, 1.82) is 0 Å². The van der Waals surface area contributed by atoms with Crippen LogP contribution in [0.4, 0.5) is 0 Å². The summed E-state index contributed by atoms with van der Waals surface area (Å²) in [6.45, 7) is 1.37. The summed E-state index contributed by atoms with van der Waals surface area (Å²) in [5, 5.41) is 0.932. The molecule has 1 saturated heterocycles. The lowest BCUT2D eigenvalue weighted by molar-refractivity contribution is -0.134. The lowest BCUT2D eigenvalue weighted by Crippen LogP contribution is -2.40. The molecule has 8 heteroatoms. The summed E-state index contributed by atoms with van der Waals surface area (Å²) in [7, 11) is 0. The van der Waals surface area contributed by atoms with Gasteiger partial charge in [0.25, 0.3) is 0 Å². The maximum atomic E-state index is 13.7. The van der Waals surface area contributed by atoms with Crippen LogP contribution in [0.2, 0.25) is 0 Å². The van der Waals surface area contributed by atoms with Crippen LogP contribution in [-0.4, -0.2) is 39.8 Å². The third-order valence-electron chi connectivity index (χ3n) is 7.61. The minimum atomic E-state index is -0.751. The molecule has 1 saturated carbocycles. The van der Waals surface area contributed by atoms with Crippen molar-refractivity contribution in [2.75, 3.05) is 13.1 Å². The van der Waals surface area contributed by atoms with Crippen LogP contribution in [0.15, 0.2) is 67.0 Å². The Balaban J connectivity index is 1.05. The second-order valence-corrected chi connectivity index (χ2v) is 10.9. The van der Waals surface area contributed by atoms with E-state index in [1.165, 1.54) is 0 Å². The summed E-state index contributed by atoms with van der Waals surface area (Å²) < 4.78 is 12.9. The molecule has 1 spiro atoms. The van der Waals surface area contributed by atoms with E-state index < -0.39 is 11.0 Å². The standard InChI is InChI=1S/C28H23N3O4S/c32-25-20-15-29-13-9-21(20)28(35-25)12-14-31(17-28)26(33)27(10-11-27)18-5-7-19(8-6-18)34-16-24-30-22-3-1-2-4-23(22)36-24/h1-9,13,15H,10-12,14,16-17H2. The quantitative estimate of drug-likeness (QED) is 0.375. The number of para-hydroxylation sites is 1. The maximum absolute atomic E-state index is 13.7. The summed E-state index contributed by atoms with van der Waals surface area (Å²) in [4.78, 5) is 36.6. The summed E-state index contributed by atoms with van der Waals surface area (Å²) >= 11 is 1.63. The number of likely N-dealkylation sites (tertiary alicyclic amines) is 1. The molecule has 2 aromatic heterocycles. The molecule has 7 nitrogen and oxygen atoms in total. The van der Waals surface area contributed by atoms with Crippen molar-refractivity contribution in [3.05, 3.63) is 88.7 Å². The summed E-state index contributed by atoms with van der Waals surface area (Å²) in [6.07, 6.45) is 5.48. The first-order chi connectivity index (χ1) is 17.6. The Labute approximate surface area is 211 Å². The fraction of sp³-hybridized carbons (Fsp3) is 0.286. The average molecular weight is 498 g/mol. The Morgan fingerprint density at radius 1 is 1.08 bits per heavy atom. The van der Waals surface area contributed by atoms with E-state index in [9.17, 15) is 9.59 Å². The van der Waals surface area contributed by atoms with E-state index in [-0.39, 0.29) is 11.9 Å². The van der Waals surface area contributed by atoms with Gasteiger partial charge in [0.1, 0.15) is 17.4 Å². The number of carbonyl (C=O) groups is 2. The van der Waals surface area contributed by atoms with Crippen LogP contribution in [0.1, 0.15) is 45.8 Å². The Kier molecular flexibility index (Phi) is 4.70. The number of carbonyl (C=O) groups excluding carboxylic acids is 2. The lowest BCUT2D eigenvalue weighted by Gasteiger charge is -2.27. The number of hydrogen-bond acceptors (Lipinski definition) is 7. The molecule has 2 aliphatic heterocycles. The average Bonchev–Trinajstić information content (AvgIpc) is 3.31. The van der Waals surface area contributed by atoms with Gasteiger partial charge in [0.2, 0.25) is 5.91 Å². The van der Waals surface area contributed by atoms with Crippen molar-refractivity contribution in [1.82, 2.24) is 14.9 Å². The number of rotatable bonds is 5. The molecule has 36 heavy (non-hydrogen) atoms. The molecule has 2 aromatic carbocycles. The fourth-order valence-corrected chi connectivity index (χ4v) is 6.43. The van der Waals surface area contributed by atoms with E-state index in [1.54, 1.807) is 23.7 Å². The summed E-state index contributed by atoms with van der Waals surface area (Å²) in [5.74, 6) is 0.514. The van der Waals surface area contributed by atoms with Crippen LogP contribution in [0.25, 0.3) is 10.2 Å². The normalized spacial score (nSPS) is 21.6. The number of pyridine rings is 1. The molecule has 0 radical (unpaired) electrons. The molecule has 2 fully saturated rings. The third-order valence-corrected chi connectivity index (χ3v) is 8.62. The molecule has 1 atom stereocenters. The van der Waals surface area contributed by atoms with Crippen molar-refractivity contribution >= 4 is 33.4 Å². The van der Waals surface area contributed by atoms with Gasteiger partial charge in [-0.2, -0.15) is 0 Å². The van der Waals surface area contributed by atoms with Gasteiger partial charge < -0.3 is 14.4 Å². The molecule has 0 N–H and O–H groups in total. The summed E-state index contributed by atoms with van der Waals surface area (Å²) in [5.41, 5.74) is 2.10. The van der Waals surface area contributed by atoms with E-state index in [0.717, 1.165) is 44.9 Å². The Morgan fingerprint density at radius 3 is 2.72 bits per heavy atom. The van der Waals surface area contributed by atoms with Crippen LogP contribution in [-0.2, 0) is 27.2 Å². The molecule has 0 bridgehead atoms.